The van der Waals surface area contributed by atoms with Gasteiger partial charge >= 0.3 is 5.97 Å². The summed E-state index contributed by atoms with van der Waals surface area (Å²) >= 11 is 0. The zero-order valence-corrected chi connectivity index (χ0v) is 10.6. The maximum atomic E-state index is 11.7. The molecule has 7 heteroatoms. The van der Waals surface area contributed by atoms with E-state index in [9.17, 15) is 9.59 Å². The van der Waals surface area contributed by atoms with Crippen LogP contribution in [-0.2, 0) is 9.53 Å². The number of methoxy groups -OCH3 is 1. The molecular formula is C12H17N3O4. The molecule has 19 heavy (non-hydrogen) atoms. The summed E-state index contributed by atoms with van der Waals surface area (Å²) in [6, 6.07) is 2.15. The van der Waals surface area contributed by atoms with Gasteiger partial charge in [-0.15, -0.1) is 0 Å². The second-order valence-corrected chi connectivity index (χ2v) is 3.97. The average Bonchev–Trinajstić information content (AvgIpc) is 2.39. The Kier molecular flexibility index (Phi) is 5.91. The number of carbonyl (C=O) groups is 2. The summed E-state index contributed by atoms with van der Waals surface area (Å²) in [7, 11) is 1.58. The predicted molar refractivity (Wildman–Crippen MR) is 68.9 cm³/mol. The third-order valence-corrected chi connectivity index (χ3v) is 2.45. The molecule has 104 valence electrons. The van der Waals surface area contributed by atoms with Crippen molar-refractivity contribution in [1.29, 1.82) is 0 Å². The molecule has 0 aliphatic carbocycles. The van der Waals surface area contributed by atoms with Gasteiger partial charge in [-0.3, -0.25) is 4.79 Å². The van der Waals surface area contributed by atoms with Gasteiger partial charge in [-0.1, -0.05) is 0 Å². The molecule has 1 amide bonds. The Morgan fingerprint density at radius 2 is 2.26 bits per heavy atom. The third kappa shape index (κ3) is 5.02. The molecule has 0 spiro atoms. The fraction of sp³-hybridized carbons (Fsp3) is 0.417. The highest BCUT2D eigenvalue weighted by molar-refractivity contribution is 5.94. The average molecular weight is 267 g/mol. The number of carboxylic acid groups (broad SMARTS) is 1. The lowest BCUT2D eigenvalue weighted by molar-refractivity contribution is -0.117. The van der Waals surface area contributed by atoms with Crippen molar-refractivity contribution in [2.75, 3.05) is 19.0 Å². The molecule has 1 atom stereocenters. The van der Waals surface area contributed by atoms with Crippen LogP contribution in [0.25, 0.3) is 0 Å². The number of nitrogens with one attached hydrogen (secondary N) is 1. The first kappa shape index (κ1) is 15.1. The van der Waals surface area contributed by atoms with E-state index in [4.69, 9.17) is 15.6 Å². The number of rotatable bonds is 7. The van der Waals surface area contributed by atoms with Crippen LogP contribution in [0, 0.1) is 0 Å². The lowest BCUT2D eigenvalue weighted by atomic mass is 10.1. The van der Waals surface area contributed by atoms with E-state index in [-0.39, 0.29) is 11.6 Å². The number of pyridine rings is 1. The maximum Gasteiger partial charge on any atom is 0.354 e. The highest BCUT2D eigenvalue weighted by Crippen LogP contribution is 2.07. The van der Waals surface area contributed by atoms with Crippen LogP contribution < -0.4 is 11.1 Å². The molecule has 1 aromatic heterocycles. The van der Waals surface area contributed by atoms with Crippen molar-refractivity contribution in [3.05, 3.63) is 24.0 Å². The van der Waals surface area contributed by atoms with Crippen molar-refractivity contribution in [3.63, 3.8) is 0 Å². The summed E-state index contributed by atoms with van der Waals surface area (Å²) in [4.78, 5) is 26.0. The van der Waals surface area contributed by atoms with E-state index in [0.717, 1.165) is 0 Å². The first-order valence-corrected chi connectivity index (χ1v) is 5.79. The quantitative estimate of drug-likeness (QED) is 0.619. The largest absolute Gasteiger partial charge is 0.477 e. The summed E-state index contributed by atoms with van der Waals surface area (Å²) in [5.74, 6) is -1.45. The predicted octanol–water partition coefficient (Wildman–Crippen LogP) is 0.472. The zero-order valence-electron chi connectivity index (χ0n) is 10.6. The number of hydrogen-bond acceptors (Lipinski definition) is 5. The van der Waals surface area contributed by atoms with E-state index >= 15 is 0 Å². The van der Waals surface area contributed by atoms with Gasteiger partial charge in [0.25, 0.3) is 0 Å². The van der Waals surface area contributed by atoms with Crippen LogP contribution in [0.3, 0.4) is 0 Å². The van der Waals surface area contributed by atoms with Gasteiger partial charge in [-0.05, 0) is 25.0 Å². The van der Waals surface area contributed by atoms with Crippen LogP contribution in [0.4, 0.5) is 5.69 Å². The molecule has 0 aliphatic rings. The number of nitrogens with zero attached hydrogens (tertiary/aromatic N) is 1. The van der Waals surface area contributed by atoms with Crippen molar-refractivity contribution in [2.24, 2.45) is 5.73 Å². The molecule has 7 nitrogen and oxygen atoms in total. The van der Waals surface area contributed by atoms with Gasteiger partial charge in [0.1, 0.15) is 5.69 Å². The van der Waals surface area contributed by atoms with Crippen LogP contribution in [0.5, 0.6) is 0 Å². The standard InChI is InChI=1S/C12H17N3O4/c1-19-6-2-3-9(13)11(16)15-8-4-5-10(12(17)18)14-7-8/h4-5,7,9H,2-3,6,13H2,1H3,(H,15,16)(H,17,18). The SMILES string of the molecule is COCCCC(N)C(=O)Nc1ccc(C(=O)O)nc1. The van der Waals surface area contributed by atoms with Crippen molar-refractivity contribution < 1.29 is 19.4 Å². The van der Waals surface area contributed by atoms with Crippen molar-refractivity contribution in [2.45, 2.75) is 18.9 Å². The minimum absolute atomic E-state index is 0.0811. The van der Waals surface area contributed by atoms with E-state index in [1.54, 1.807) is 7.11 Å². The third-order valence-electron chi connectivity index (χ3n) is 2.45. The lowest BCUT2D eigenvalue weighted by Crippen LogP contribution is -2.35. The normalized spacial score (nSPS) is 11.9. The summed E-state index contributed by atoms with van der Waals surface area (Å²) in [5, 5.41) is 11.3. The molecule has 4 N–H and O–H groups in total. The van der Waals surface area contributed by atoms with Crippen LogP contribution in [-0.4, -0.2) is 41.7 Å². The van der Waals surface area contributed by atoms with E-state index in [0.29, 0.717) is 25.1 Å². The summed E-state index contributed by atoms with van der Waals surface area (Å²) in [6.07, 6.45) is 2.49. The Bertz CT molecular complexity index is 433. The minimum atomic E-state index is -1.12. The molecule has 0 saturated carbocycles. The van der Waals surface area contributed by atoms with Gasteiger partial charge in [0.2, 0.25) is 5.91 Å². The van der Waals surface area contributed by atoms with Gasteiger partial charge in [0, 0.05) is 13.7 Å². The van der Waals surface area contributed by atoms with Crippen molar-refractivity contribution in [3.8, 4) is 0 Å². The Morgan fingerprint density at radius 3 is 2.79 bits per heavy atom. The number of ether oxygens (including phenoxy) is 1. The number of carboxylic acids is 1. The molecular weight excluding hydrogens is 250 g/mol. The fourth-order valence-corrected chi connectivity index (χ4v) is 1.41. The fourth-order valence-electron chi connectivity index (χ4n) is 1.41. The number of hydrogen-bond donors (Lipinski definition) is 3. The van der Waals surface area contributed by atoms with Crippen LogP contribution in [0.1, 0.15) is 23.3 Å². The molecule has 0 aliphatic heterocycles. The van der Waals surface area contributed by atoms with Gasteiger partial charge in [-0.25, -0.2) is 9.78 Å². The number of aromatic nitrogens is 1. The number of carbonyl (C=O) groups excluding carboxylic acids is 1. The zero-order chi connectivity index (χ0) is 14.3. The maximum absolute atomic E-state index is 11.7. The molecule has 0 bridgehead atoms. The number of amides is 1. The monoisotopic (exact) mass is 267 g/mol. The molecule has 0 aromatic carbocycles. The minimum Gasteiger partial charge on any atom is -0.477 e. The van der Waals surface area contributed by atoms with Gasteiger partial charge in [0.05, 0.1) is 17.9 Å². The first-order chi connectivity index (χ1) is 9.04. The van der Waals surface area contributed by atoms with E-state index < -0.39 is 12.0 Å². The number of aromatic carboxylic acids is 1. The Labute approximate surface area is 110 Å². The molecule has 1 aromatic rings. The highest BCUT2D eigenvalue weighted by atomic mass is 16.5. The molecule has 1 rings (SSSR count). The first-order valence-electron chi connectivity index (χ1n) is 5.79. The molecule has 0 saturated heterocycles. The molecule has 0 radical (unpaired) electrons. The lowest BCUT2D eigenvalue weighted by Gasteiger charge is -2.11. The summed E-state index contributed by atoms with van der Waals surface area (Å²) in [5.41, 5.74) is 6.03. The van der Waals surface area contributed by atoms with Crippen LogP contribution in [0.15, 0.2) is 18.3 Å². The van der Waals surface area contributed by atoms with Gasteiger partial charge in [-0.2, -0.15) is 0 Å². The van der Waals surface area contributed by atoms with Gasteiger partial charge in [0.15, 0.2) is 0 Å². The second kappa shape index (κ2) is 7.45. The smallest absolute Gasteiger partial charge is 0.354 e. The van der Waals surface area contributed by atoms with Crippen LogP contribution >= 0.6 is 0 Å². The van der Waals surface area contributed by atoms with E-state index in [1.807, 2.05) is 0 Å². The Balaban J connectivity index is 2.49. The van der Waals surface area contributed by atoms with Crippen molar-refractivity contribution in [1.82, 2.24) is 4.98 Å². The van der Waals surface area contributed by atoms with E-state index in [1.165, 1.54) is 18.3 Å². The molecule has 1 unspecified atom stereocenters. The highest BCUT2D eigenvalue weighted by Gasteiger charge is 2.13. The Morgan fingerprint density at radius 1 is 1.53 bits per heavy atom. The Hall–Kier alpha value is -1.99. The topological polar surface area (TPSA) is 115 Å². The molecule has 0 fully saturated rings. The van der Waals surface area contributed by atoms with Gasteiger partial charge < -0.3 is 20.9 Å². The van der Waals surface area contributed by atoms with E-state index in [2.05, 4.69) is 10.3 Å². The summed E-state index contributed by atoms with van der Waals surface area (Å²) < 4.78 is 4.87. The van der Waals surface area contributed by atoms with Crippen molar-refractivity contribution >= 4 is 17.6 Å². The number of nitrogens with two attached hydrogens (primary N) is 1. The second-order valence-electron chi connectivity index (χ2n) is 3.97. The summed E-state index contributed by atoms with van der Waals surface area (Å²) in [6.45, 7) is 0.551. The van der Waals surface area contributed by atoms with Crippen LogP contribution in [0.2, 0.25) is 0 Å². The number of anilines is 1. The molecule has 1 heterocycles.